The number of hydrogen-bond acceptors (Lipinski definition) is 3. The van der Waals surface area contributed by atoms with E-state index in [4.69, 9.17) is 5.11 Å². The van der Waals surface area contributed by atoms with E-state index in [2.05, 4.69) is 4.72 Å². The fourth-order valence-electron chi connectivity index (χ4n) is 1.32. The van der Waals surface area contributed by atoms with Gasteiger partial charge in [0.2, 0.25) is 10.0 Å². The summed E-state index contributed by atoms with van der Waals surface area (Å²) in [5.74, 6) is -2.22. The number of carboxylic acids is 1. The second kappa shape index (κ2) is 5.45. The first-order chi connectivity index (χ1) is 8.24. The van der Waals surface area contributed by atoms with Crippen molar-refractivity contribution in [2.24, 2.45) is 5.92 Å². The lowest BCUT2D eigenvalue weighted by molar-refractivity contribution is -0.140. The summed E-state index contributed by atoms with van der Waals surface area (Å²) in [5, 5.41) is 8.91. The van der Waals surface area contributed by atoms with Crippen LogP contribution in [0.15, 0.2) is 29.2 Å². The highest BCUT2D eigenvalue weighted by atomic mass is 32.2. The number of nitrogens with one attached hydrogen (secondary N) is 1. The second-order valence-electron chi connectivity index (χ2n) is 4.14. The minimum atomic E-state index is -3.96. The van der Waals surface area contributed by atoms with Gasteiger partial charge in [-0.05, 0) is 30.2 Å². The normalized spacial score (nSPS) is 13.6. The SMILES string of the molecule is CC(C)[C@H](NS(=O)(=O)c1ccc(F)cc1)C(=O)O. The highest BCUT2D eigenvalue weighted by Crippen LogP contribution is 2.12. The molecule has 2 N–H and O–H groups in total. The van der Waals surface area contributed by atoms with Gasteiger partial charge in [-0.1, -0.05) is 13.8 Å². The monoisotopic (exact) mass is 275 g/mol. The minimum Gasteiger partial charge on any atom is -0.480 e. The van der Waals surface area contributed by atoms with Crippen LogP contribution >= 0.6 is 0 Å². The van der Waals surface area contributed by atoms with E-state index in [1.807, 2.05) is 0 Å². The predicted octanol–water partition coefficient (Wildman–Crippen LogP) is 1.21. The summed E-state index contributed by atoms with van der Waals surface area (Å²) < 4.78 is 38.5. The summed E-state index contributed by atoms with van der Waals surface area (Å²) in [4.78, 5) is 10.7. The molecule has 0 aliphatic heterocycles. The van der Waals surface area contributed by atoms with E-state index >= 15 is 0 Å². The summed E-state index contributed by atoms with van der Waals surface area (Å²) in [7, 11) is -3.96. The molecule has 100 valence electrons. The summed E-state index contributed by atoms with van der Waals surface area (Å²) in [6.07, 6.45) is 0. The highest BCUT2D eigenvalue weighted by Gasteiger charge is 2.27. The van der Waals surface area contributed by atoms with Gasteiger partial charge in [-0.15, -0.1) is 0 Å². The number of sulfonamides is 1. The third-order valence-electron chi connectivity index (χ3n) is 2.34. The lowest BCUT2D eigenvalue weighted by Gasteiger charge is -2.17. The number of aliphatic carboxylic acids is 1. The Labute approximate surface area is 105 Å². The molecule has 1 rings (SSSR count). The smallest absolute Gasteiger partial charge is 0.322 e. The minimum absolute atomic E-state index is 0.171. The number of benzene rings is 1. The summed E-state index contributed by atoms with van der Waals surface area (Å²) >= 11 is 0. The van der Waals surface area contributed by atoms with Crippen molar-refractivity contribution in [3.05, 3.63) is 30.1 Å². The Kier molecular flexibility index (Phi) is 4.42. The summed E-state index contributed by atoms with van der Waals surface area (Å²) in [6, 6.07) is 2.94. The fraction of sp³-hybridized carbons (Fsp3) is 0.364. The first kappa shape index (κ1) is 14.6. The molecule has 7 heteroatoms. The molecule has 1 atom stereocenters. The van der Waals surface area contributed by atoms with Gasteiger partial charge in [0.25, 0.3) is 0 Å². The van der Waals surface area contributed by atoms with Crippen LogP contribution < -0.4 is 4.72 Å². The summed E-state index contributed by atoms with van der Waals surface area (Å²) in [6.45, 7) is 3.18. The van der Waals surface area contributed by atoms with E-state index in [1.165, 1.54) is 0 Å². The molecule has 18 heavy (non-hydrogen) atoms. The van der Waals surface area contributed by atoms with Crippen LogP contribution in [0.3, 0.4) is 0 Å². The zero-order chi connectivity index (χ0) is 13.9. The third kappa shape index (κ3) is 3.51. The van der Waals surface area contributed by atoms with Crippen molar-refractivity contribution >= 4 is 16.0 Å². The van der Waals surface area contributed by atoms with E-state index < -0.39 is 33.8 Å². The van der Waals surface area contributed by atoms with Gasteiger partial charge in [-0.25, -0.2) is 12.8 Å². The average Bonchev–Trinajstić information content (AvgIpc) is 2.26. The molecule has 0 aliphatic carbocycles. The molecule has 5 nitrogen and oxygen atoms in total. The van der Waals surface area contributed by atoms with Crippen molar-refractivity contribution in [2.45, 2.75) is 24.8 Å². The maximum absolute atomic E-state index is 12.7. The van der Waals surface area contributed by atoms with Crippen molar-refractivity contribution in [2.75, 3.05) is 0 Å². The Morgan fingerprint density at radius 2 is 1.78 bits per heavy atom. The van der Waals surface area contributed by atoms with Crippen LogP contribution in [-0.4, -0.2) is 25.5 Å². The predicted molar refractivity (Wildman–Crippen MR) is 63.0 cm³/mol. The molecule has 0 unspecified atom stereocenters. The second-order valence-corrected chi connectivity index (χ2v) is 5.85. The first-order valence-corrected chi connectivity index (χ1v) is 6.73. The van der Waals surface area contributed by atoms with Crippen LogP contribution in [0, 0.1) is 11.7 Å². The fourth-order valence-corrected chi connectivity index (χ4v) is 2.66. The van der Waals surface area contributed by atoms with Crippen molar-refractivity contribution in [3.8, 4) is 0 Å². The topological polar surface area (TPSA) is 83.5 Å². The Morgan fingerprint density at radius 1 is 1.28 bits per heavy atom. The first-order valence-electron chi connectivity index (χ1n) is 5.25. The molecule has 0 heterocycles. The number of carboxylic acid groups (broad SMARTS) is 1. The standard InChI is InChI=1S/C11H14FNO4S/c1-7(2)10(11(14)15)13-18(16,17)9-5-3-8(12)4-6-9/h3-7,10,13H,1-2H3,(H,14,15)/t10-/m0/s1. The molecule has 0 radical (unpaired) electrons. The van der Waals surface area contributed by atoms with Crippen molar-refractivity contribution in [1.82, 2.24) is 4.72 Å². The van der Waals surface area contributed by atoms with E-state index in [-0.39, 0.29) is 4.90 Å². The molecular formula is C11H14FNO4S. The van der Waals surface area contributed by atoms with Crippen LogP contribution in [0.25, 0.3) is 0 Å². The van der Waals surface area contributed by atoms with Crippen LogP contribution in [0.5, 0.6) is 0 Å². The van der Waals surface area contributed by atoms with Crippen LogP contribution in [0.4, 0.5) is 4.39 Å². The van der Waals surface area contributed by atoms with Crippen molar-refractivity contribution in [1.29, 1.82) is 0 Å². The molecule has 0 amide bonds. The zero-order valence-corrected chi connectivity index (χ0v) is 10.7. The Morgan fingerprint density at radius 3 is 2.17 bits per heavy atom. The van der Waals surface area contributed by atoms with Gasteiger partial charge in [-0.3, -0.25) is 4.79 Å². The van der Waals surface area contributed by atoms with E-state index in [9.17, 15) is 17.6 Å². The molecule has 0 aliphatic rings. The number of halogens is 1. The molecule has 0 bridgehead atoms. The summed E-state index contributed by atoms with van der Waals surface area (Å²) in [5.41, 5.74) is 0. The van der Waals surface area contributed by atoms with Gasteiger partial charge in [-0.2, -0.15) is 4.72 Å². The van der Waals surface area contributed by atoms with Gasteiger partial charge >= 0.3 is 5.97 Å². The van der Waals surface area contributed by atoms with Crippen LogP contribution in [-0.2, 0) is 14.8 Å². The third-order valence-corrected chi connectivity index (χ3v) is 3.80. The maximum atomic E-state index is 12.7. The molecule has 1 aromatic carbocycles. The molecule has 0 aromatic heterocycles. The van der Waals surface area contributed by atoms with Gasteiger partial charge in [0, 0.05) is 0 Å². The Bertz CT molecular complexity index is 524. The van der Waals surface area contributed by atoms with Gasteiger partial charge in [0.05, 0.1) is 4.90 Å². The van der Waals surface area contributed by atoms with Crippen molar-refractivity contribution in [3.63, 3.8) is 0 Å². The number of rotatable bonds is 5. The van der Waals surface area contributed by atoms with Crippen LogP contribution in [0.2, 0.25) is 0 Å². The van der Waals surface area contributed by atoms with Crippen molar-refractivity contribution < 1.29 is 22.7 Å². The molecule has 0 saturated heterocycles. The highest BCUT2D eigenvalue weighted by molar-refractivity contribution is 7.89. The quantitative estimate of drug-likeness (QED) is 0.846. The molecule has 1 aromatic rings. The Balaban J connectivity index is 3.01. The average molecular weight is 275 g/mol. The largest absolute Gasteiger partial charge is 0.480 e. The van der Waals surface area contributed by atoms with Gasteiger partial charge in [0.15, 0.2) is 0 Å². The lowest BCUT2D eigenvalue weighted by Crippen LogP contribution is -2.44. The molecule has 0 spiro atoms. The molecule has 0 fully saturated rings. The van der Waals surface area contributed by atoms with E-state index in [0.717, 1.165) is 24.3 Å². The molecule has 0 saturated carbocycles. The van der Waals surface area contributed by atoms with E-state index in [0.29, 0.717) is 0 Å². The zero-order valence-electron chi connectivity index (χ0n) is 9.92. The van der Waals surface area contributed by atoms with Crippen LogP contribution in [0.1, 0.15) is 13.8 Å². The Hall–Kier alpha value is -1.47. The molecular weight excluding hydrogens is 261 g/mol. The van der Waals surface area contributed by atoms with Gasteiger partial charge < -0.3 is 5.11 Å². The van der Waals surface area contributed by atoms with Gasteiger partial charge in [0.1, 0.15) is 11.9 Å². The maximum Gasteiger partial charge on any atom is 0.322 e. The van der Waals surface area contributed by atoms with E-state index in [1.54, 1.807) is 13.8 Å². The lowest BCUT2D eigenvalue weighted by atomic mass is 10.1. The number of hydrogen-bond donors (Lipinski definition) is 2. The number of carbonyl (C=O) groups is 1.